The van der Waals surface area contributed by atoms with E-state index in [1.54, 1.807) is 57.3 Å². The summed E-state index contributed by atoms with van der Waals surface area (Å²) in [5.74, 6) is 2.04. The second-order valence-electron chi connectivity index (χ2n) is 13.6. The number of hydrogen-bond donors (Lipinski definition) is 0. The molecule has 62 heavy (non-hydrogen) atoms. The van der Waals surface area contributed by atoms with E-state index < -0.39 is 17.9 Å². The topological polar surface area (TPSA) is 144 Å². The largest absolute Gasteiger partial charge is 0.497 e. The molecule has 0 bridgehead atoms. The molecule has 0 radical (unpaired) electrons. The quantitative estimate of drug-likeness (QED) is 0.0765. The maximum Gasteiger partial charge on any atom is 0.355 e. The first-order valence-corrected chi connectivity index (χ1v) is 19.2. The summed E-state index contributed by atoms with van der Waals surface area (Å²) in [5, 5.41) is 1.56. The minimum atomic E-state index is -0.584. The molecule has 0 fully saturated rings. The summed E-state index contributed by atoms with van der Waals surface area (Å²) in [4.78, 5) is 38.0. The Labute approximate surface area is 358 Å². The molecule has 0 atom stereocenters. The van der Waals surface area contributed by atoms with Gasteiger partial charge in [-0.05, 0) is 53.1 Å². The van der Waals surface area contributed by atoms with Gasteiger partial charge in [-0.25, -0.2) is 9.59 Å². The monoisotopic (exact) mass is 844 g/mol. The molecule has 0 aliphatic heterocycles. The standard InChI is InChI=1S/C26H25NO5.C22H23NO7/c1-29-19-12-10-18(11-13-19)24-20-14-22(30-2)23(31-3)15-21(20)27(25(24)26(28)32-4)16-17-8-6-5-7-9-17;1-26-14-8-6-13(7-9-14)20-15-10-17(27-2)18(28-3)11-16(15)23(12-19(24)29-4)21(20)22(25)30-5/h5-15H,16H2,1-4H3;6-11H,12H2,1-5H3. The van der Waals surface area contributed by atoms with Crippen LogP contribution in [0.1, 0.15) is 26.5 Å². The fraction of sp³-hybridized carbons (Fsp3) is 0.229. The van der Waals surface area contributed by atoms with Crippen LogP contribution in [0.4, 0.5) is 0 Å². The van der Waals surface area contributed by atoms with Crippen molar-refractivity contribution in [3.05, 3.63) is 120 Å². The fourth-order valence-corrected chi connectivity index (χ4v) is 7.36. The normalized spacial score (nSPS) is 10.7. The van der Waals surface area contributed by atoms with Gasteiger partial charge in [-0.3, -0.25) is 4.79 Å². The molecule has 2 aromatic heterocycles. The molecule has 5 aromatic carbocycles. The lowest BCUT2D eigenvalue weighted by Crippen LogP contribution is -2.17. The Hall–Kier alpha value is -7.61. The molecule has 0 amide bonds. The van der Waals surface area contributed by atoms with Crippen LogP contribution in [0.3, 0.4) is 0 Å². The SMILES string of the molecule is COC(=O)Cn1c(C(=O)OC)c(-c2ccc(OC)cc2)c2cc(OC)c(OC)cc21.COC(=O)c1c(-c2ccc(OC)cc2)c2cc(OC)c(OC)cc2n1Cc1ccccc1. The molecule has 0 unspecified atom stereocenters. The lowest BCUT2D eigenvalue weighted by molar-refractivity contribution is -0.141. The van der Waals surface area contributed by atoms with E-state index in [1.807, 2.05) is 83.4 Å². The van der Waals surface area contributed by atoms with Crippen LogP contribution in [0.5, 0.6) is 34.5 Å². The maximum absolute atomic E-state index is 13.1. The Morgan fingerprint density at radius 1 is 0.452 bits per heavy atom. The van der Waals surface area contributed by atoms with Crippen LogP contribution in [-0.2, 0) is 32.1 Å². The third kappa shape index (κ3) is 8.66. The van der Waals surface area contributed by atoms with Gasteiger partial charge in [0.25, 0.3) is 0 Å². The first-order chi connectivity index (χ1) is 30.1. The molecule has 0 spiro atoms. The number of nitrogens with zero attached hydrogens (tertiary/aromatic N) is 2. The predicted molar refractivity (Wildman–Crippen MR) is 234 cm³/mol. The van der Waals surface area contributed by atoms with Gasteiger partial charge in [0.15, 0.2) is 23.0 Å². The average Bonchev–Trinajstić information content (AvgIpc) is 3.80. The minimum Gasteiger partial charge on any atom is -0.497 e. The molecular formula is C48H48N2O12. The molecule has 0 saturated heterocycles. The molecule has 14 heteroatoms. The molecule has 322 valence electrons. The number of carbonyl (C=O) groups excluding carboxylic acids is 3. The van der Waals surface area contributed by atoms with Crippen LogP contribution in [0.25, 0.3) is 44.1 Å². The van der Waals surface area contributed by atoms with Crippen molar-refractivity contribution < 1.29 is 57.0 Å². The molecule has 0 aliphatic rings. The summed E-state index contributed by atoms with van der Waals surface area (Å²) >= 11 is 0. The third-order valence-electron chi connectivity index (χ3n) is 10.4. The van der Waals surface area contributed by atoms with Crippen LogP contribution >= 0.6 is 0 Å². The molecule has 7 rings (SSSR count). The second-order valence-corrected chi connectivity index (χ2v) is 13.6. The van der Waals surface area contributed by atoms with Gasteiger partial charge in [0.1, 0.15) is 29.4 Å². The molecule has 2 heterocycles. The average molecular weight is 845 g/mol. The number of carbonyl (C=O) groups is 3. The van der Waals surface area contributed by atoms with Gasteiger partial charge in [0.2, 0.25) is 0 Å². The number of esters is 3. The first-order valence-electron chi connectivity index (χ1n) is 19.2. The van der Waals surface area contributed by atoms with Crippen molar-refractivity contribution >= 4 is 39.7 Å². The van der Waals surface area contributed by atoms with Crippen LogP contribution in [-0.4, -0.2) is 91.0 Å². The number of aromatic nitrogens is 2. The number of fused-ring (bicyclic) bond motifs is 2. The van der Waals surface area contributed by atoms with Crippen molar-refractivity contribution in [2.45, 2.75) is 13.1 Å². The summed E-state index contributed by atoms with van der Waals surface area (Å²) < 4.78 is 51.1. The highest BCUT2D eigenvalue weighted by atomic mass is 16.5. The van der Waals surface area contributed by atoms with Crippen LogP contribution < -0.4 is 28.4 Å². The van der Waals surface area contributed by atoms with E-state index >= 15 is 0 Å². The van der Waals surface area contributed by atoms with E-state index in [2.05, 4.69) is 0 Å². The lowest BCUT2D eigenvalue weighted by Gasteiger charge is -2.12. The molecule has 0 N–H and O–H groups in total. The number of hydrogen-bond acceptors (Lipinski definition) is 12. The smallest absolute Gasteiger partial charge is 0.355 e. The van der Waals surface area contributed by atoms with Crippen molar-refractivity contribution in [1.82, 2.24) is 9.13 Å². The highest BCUT2D eigenvalue weighted by Crippen LogP contribution is 2.43. The maximum atomic E-state index is 13.1. The highest BCUT2D eigenvalue weighted by Gasteiger charge is 2.29. The van der Waals surface area contributed by atoms with Gasteiger partial charge in [0.05, 0.1) is 75.0 Å². The van der Waals surface area contributed by atoms with Crippen molar-refractivity contribution in [3.63, 3.8) is 0 Å². The Kier molecular flexibility index (Phi) is 13.9. The minimum absolute atomic E-state index is 0.178. The van der Waals surface area contributed by atoms with Crippen molar-refractivity contribution in [2.75, 3.05) is 64.0 Å². The Balaban J connectivity index is 0.000000207. The fourth-order valence-electron chi connectivity index (χ4n) is 7.36. The van der Waals surface area contributed by atoms with Crippen LogP contribution in [0.2, 0.25) is 0 Å². The van der Waals surface area contributed by atoms with E-state index in [0.717, 1.165) is 38.9 Å². The zero-order chi connectivity index (χ0) is 44.5. The lowest BCUT2D eigenvalue weighted by atomic mass is 10.0. The Bertz CT molecular complexity index is 2700. The number of ether oxygens (including phenoxy) is 9. The Morgan fingerprint density at radius 3 is 1.24 bits per heavy atom. The Morgan fingerprint density at radius 2 is 0.855 bits per heavy atom. The first kappa shape index (κ1) is 44.0. The van der Waals surface area contributed by atoms with Crippen molar-refractivity contribution in [3.8, 4) is 56.8 Å². The van der Waals surface area contributed by atoms with Gasteiger partial charge < -0.3 is 51.8 Å². The van der Waals surface area contributed by atoms with Crippen LogP contribution in [0.15, 0.2) is 103 Å². The number of benzene rings is 5. The molecule has 14 nitrogen and oxygen atoms in total. The van der Waals surface area contributed by atoms with Crippen LogP contribution in [0, 0.1) is 0 Å². The van der Waals surface area contributed by atoms with E-state index in [-0.39, 0.29) is 12.2 Å². The van der Waals surface area contributed by atoms with Gasteiger partial charge in [0, 0.05) is 40.6 Å². The van der Waals surface area contributed by atoms with E-state index in [0.29, 0.717) is 57.5 Å². The zero-order valence-corrected chi connectivity index (χ0v) is 36.0. The van der Waals surface area contributed by atoms with E-state index in [1.165, 1.54) is 35.5 Å². The number of rotatable bonds is 14. The predicted octanol–water partition coefficient (Wildman–Crippen LogP) is 8.46. The summed E-state index contributed by atoms with van der Waals surface area (Å²) in [6.45, 7) is 0.316. The van der Waals surface area contributed by atoms with Crippen molar-refractivity contribution in [1.29, 1.82) is 0 Å². The number of methoxy groups -OCH3 is 9. The van der Waals surface area contributed by atoms with Gasteiger partial charge >= 0.3 is 17.9 Å². The summed E-state index contributed by atoms with van der Waals surface area (Å²) in [6, 6.07) is 32.1. The molecular weight excluding hydrogens is 797 g/mol. The van der Waals surface area contributed by atoms with Gasteiger partial charge in [-0.1, -0.05) is 54.6 Å². The van der Waals surface area contributed by atoms with Gasteiger partial charge in [-0.15, -0.1) is 0 Å². The zero-order valence-electron chi connectivity index (χ0n) is 36.0. The van der Waals surface area contributed by atoms with Gasteiger partial charge in [-0.2, -0.15) is 0 Å². The molecule has 7 aromatic rings. The van der Waals surface area contributed by atoms with Crippen molar-refractivity contribution in [2.24, 2.45) is 0 Å². The summed E-state index contributed by atoms with van der Waals surface area (Å²) in [5.41, 5.74) is 6.18. The van der Waals surface area contributed by atoms with E-state index in [9.17, 15) is 14.4 Å². The summed E-state index contributed by atoms with van der Waals surface area (Å²) in [6.07, 6.45) is 0. The highest BCUT2D eigenvalue weighted by molar-refractivity contribution is 6.11. The molecule has 0 aliphatic carbocycles. The molecule has 0 saturated carbocycles. The second kappa shape index (κ2) is 19.6. The van der Waals surface area contributed by atoms with E-state index in [4.69, 9.17) is 42.6 Å². The summed E-state index contributed by atoms with van der Waals surface area (Å²) in [7, 11) is 13.4. The third-order valence-corrected chi connectivity index (χ3v) is 10.4.